The first-order valence-corrected chi connectivity index (χ1v) is 4.04. The van der Waals surface area contributed by atoms with Crippen molar-refractivity contribution in [1.29, 1.82) is 0 Å². The number of ether oxygens (including phenoxy) is 1. The lowest BCUT2D eigenvalue weighted by molar-refractivity contribution is -0.199. The largest absolute Gasteiger partial charge is 0.490 e. The maximum atomic E-state index is 11.6. The molecule has 0 aromatic carbocycles. The number of hydrogen-bond acceptors (Lipinski definition) is 4. The lowest BCUT2D eigenvalue weighted by Crippen LogP contribution is -2.28. The molecule has 0 unspecified atom stereocenters. The van der Waals surface area contributed by atoms with E-state index in [9.17, 15) is 27.6 Å². The molecule has 0 atom stereocenters. The number of carbonyl (C=O) groups is 3. The Morgan fingerprint density at radius 3 is 2.07 bits per heavy atom. The van der Waals surface area contributed by atoms with E-state index in [-0.39, 0.29) is 6.42 Å². The molecule has 0 aliphatic carbocycles. The molecule has 0 aromatic rings. The standard InChI is InChI=1S/C8H9F3O4/c1-2-5(12)3-6(13)4-15-7(14)8(9,10)11/h2-4H2,1H3. The fourth-order valence-corrected chi connectivity index (χ4v) is 0.624. The van der Waals surface area contributed by atoms with Gasteiger partial charge in [0, 0.05) is 6.42 Å². The van der Waals surface area contributed by atoms with Gasteiger partial charge in [-0.2, -0.15) is 13.2 Å². The molecule has 0 saturated heterocycles. The van der Waals surface area contributed by atoms with Crippen LogP contribution >= 0.6 is 0 Å². The molecule has 0 heterocycles. The van der Waals surface area contributed by atoms with Gasteiger partial charge < -0.3 is 4.74 Å². The van der Waals surface area contributed by atoms with Gasteiger partial charge in [0.2, 0.25) is 0 Å². The van der Waals surface area contributed by atoms with Gasteiger partial charge in [0.05, 0.1) is 6.42 Å². The fraction of sp³-hybridized carbons (Fsp3) is 0.625. The van der Waals surface area contributed by atoms with E-state index in [1.165, 1.54) is 6.92 Å². The lowest BCUT2D eigenvalue weighted by Gasteiger charge is -2.05. The van der Waals surface area contributed by atoms with Gasteiger partial charge in [-0.3, -0.25) is 9.59 Å². The number of esters is 1. The molecule has 0 fully saturated rings. The molecule has 0 saturated carbocycles. The van der Waals surface area contributed by atoms with E-state index in [0.29, 0.717) is 0 Å². The molecule has 0 aromatic heterocycles. The summed E-state index contributed by atoms with van der Waals surface area (Å²) in [5, 5.41) is 0. The number of alkyl halides is 3. The van der Waals surface area contributed by atoms with Gasteiger partial charge in [0.25, 0.3) is 0 Å². The van der Waals surface area contributed by atoms with Crippen molar-refractivity contribution in [2.24, 2.45) is 0 Å². The van der Waals surface area contributed by atoms with Crippen LogP contribution in [-0.2, 0) is 19.1 Å². The molecule has 15 heavy (non-hydrogen) atoms. The minimum absolute atomic E-state index is 0.110. The Labute approximate surface area is 83.4 Å². The number of Topliss-reactive ketones (excluding diaryl/α,β-unsaturated/α-hetero) is 2. The van der Waals surface area contributed by atoms with Gasteiger partial charge in [-0.05, 0) is 0 Å². The third kappa shape index (κ3) is 5.82. The average molecular weight is 226 g/mol. The molecule has 4 nitrogen and oxygen atoms in total. The number of halogens is 3. The summed E-state index contributed by atoms with van der Waals surface area (Å²) in [6.45, 7) is 0.488. The fourth-order valence-electron chi connectivity index (χ4n) is 0.624. The molecular weight excluding hydrogens is 217 g/mol. The van der Waals surface area contributed by atoms with Crippen molar-refractivity contribution in [1.82, 2.24) is 0 Å². The maximum Gasteiger partial charge on any atom is 0.490 e. The lowest BCUT2D eigenvalue weighted by atomic mass is 10.2. The van der Waals surface area contributed by atoms with Crippen molar-refractivity contribution in [2.75, 3.05) is 6.61 Å². The first kappa shape index (κ1) is 13.6. The molecule has 0 radical (unpaired) electrons. The number of rotatable bonds is 5. The molecule has 0 aliphatic heterocycles. The van der Waals surface area contributed by atoms with Crippen LogP contribution in [0.5, 0.6) is 0 Å². The summed E-state index contributed by atoms with van der Waals surface area (Å²) in [7, 11) is 0. The summed E-state index contributed by atoms with van der Waals surface area (Å²) < 4.78 is 38.4. The second kappa shape index (κ2) is 5.47. The minimum atomic E-state index is -5.12. The summed E-state index contributed by atoms with van der Waals surface area (Å²) >= 11 is 0. The van der Waals surface area contributed by atoms with Gasteiger partial charge in [-0.1, -0.05) is 6.92 Å². The Kier molecular flexibility index (Phi) is 4.96. The Balaban J connectivity index is 3.92. The normalized spacial score (nSPS) is 10.9. The van der Waals surface area contributed by atoms with E-state index >= 15 is 0 Å². The number of ketones is 2. The molecule has 0 N–H and O–H groups in total. The van der Waals surface area contributed by atoms with Crippen LogP contribution in [-0.4, -0.2) is 30.3 Å². The first-order valence-electron chi connectivity index (χ1n) is 4.04. The zero-order valence-electron chi connectivity index (χ0n) is 7.89. The van der Waals surface area contributed by atoms with Crippen LogP contribution in [0.2, 0.25) is 0 Å². The molecule has 0 rings (SSSR count). The molecule has 0 bridgehead atoms. The van der Waals surface area contributed by atoms with Crippen LogP contribution in [0.4, 0.5) is 13.2 Å². The Bertz CT molecular complexity index is 270. The smallest absolute Gasteiger partial charge is 0.451 e. The van der Waals surface area contributed by atoms with Crippen LogP contribution in [0.3, 0.4) is 0 Å². The second-order valence-corrected chi connectivity index (χ2v) is 2.68. The van der Waals surface area contributed by atoms with Gasteiger partial charge in [0.15, 0.2) is 12.4 Å². The van der Waals surface area contributed by atoms with E-state index in [4.69, 9.17) is 0 Å². The third-order valence-electron chi connectivity index (χ3n) is 1.38. The van der Waals surface area contributed by atoms with Crippen molar-refractivity contribution < 1.29 is 32.3 Å². The average Bonchev–Trinajstić information content (AvgIpc) is 2.12. The summed E-state index contributed by atoms with van der Waals surface area (Å²) in [5.41, 5.74) is 0. The highest BCUT2D eigenvalue weighted by Crippen LogP contribution is 2.16. The van der Waals surface area contributed by atoms with Crippen molar-refractivity contribution in [2.45, 2.75) is 25.9 Å². The summed E-state index contributed by atoms with van der Waals surface area (Å²) in [6.07, 6.45) is -5.52. The Morgan fingerprint density at radius 2 is 1.67 bits per heavy atom. The van der Waals surface area contributed by atoms with Crippen LogP contribution < -0.4 is 0 Å². The SMILES string of the molecule is CCC(=O)CC(=O)COC(=O)C(F)(F)F. The predicted molar refractivity (Wildman–Crippen MR) is 41.9 cm³/mol. The molecule has 0 amide bonds. The zero-order valence-corrected chi connectivity index (χ0v) is 7.89. The minimum Gasteiger partial charge on any atom is -0.451 e. The topological polar surface area (TPSA) is 60.4 Å². The van der Waals surface area contributed by atoms with E-state index in [0.717, 1.165) is 0 Å². The van der Waals surface area contributed by atoms with E-state index < -0.39 is 36.7 Å². The second-order valence-electron chi connectivity index (χ2n) is 2.68. The summed E-state index contributed by atoms with van der Waals surface area (Å²) in [6, 6.07) is 0. The van der Waals surface area contributed by atoms with Crippen molar-refractivity contribution in [3.8, 4) is 0 Å². The van der Waals surface area contributed by atoms with Gasteiger partial charge in [-0.25, -0.2) is 4.79 Å². The van der Waals surface area contributed by atoms with Gasteiger partial charge >= 0.3 is 12.1 Å². The van der Waals surface area contributed by atoms with Crippen LogP contribution in [0.1, 0.15) is 19.8 Å². The third-order valence-corrected chi connectivity index (χ3v) is 1.38. The Morgan fingerprint density at radius 1 is 1.13 bits per heavy atom. The summed E-state index contributed by atoms with van der Waals surface area (Å²) in [4.78, 5) is 31.6. The van der Waals surface area contributed by atoms with E-state index in [1.54, 1.807) is 0 Å². The van der Waals surface area contributed by atoms with E-state index in [1.807, 2.05) is 0 Å². The first-order chi connectivity index (χ1) is 6.77. The molecular formula is C8H9F3O4. The predicted octanol–water partition coefficient (Wildman–Crippen LogP) is 1.03. The van der Waals surface area contributed by atoms with Crippen molar-refractivity contribution >= 4 is 17.5 Å². The van der Waals surface area contributed by atoms with Crippen LogP contribution in [0, 0.1) is 0 Å². The van der Waals surface area contributed by atoms with Crippen LogP contribution in [0.15, 0.2) is 0 Å². The molecule has 0 spiro atoms. The quantitative estimate of drug-likeness (QED) is 0.519. The number of hydrogen-bond donors (Lipinski definition) is 0. The number of carbonyl (C=O) groups excluding carboxylic acids is 3. The maximum absolute atomic E-state index is 11.6. The van der Waals surface area contributed by atoms with E-state index in [2.05, 4.69) is 4.74 Å². The summed E-state index contributed by atoms with van der Waals surface area (Å²) in [5.74, 6) is -3.69. The van der Waals surface area contributed by atoms with Gasteiger partial charge in [-0.15, -0.1) is 0 Å². The molecule has 86 valence electrons. The van der Waals surface area contributed by atoms with Crippen molar-refractivity contribution in [3.05, 3.63) is 0 Å². The van der Waals surface area contributed by atoms with Gasteiger partial charge in [0.1, 0.15) is 5.78 Å². The molecule has 0 aliphatic rings. The highest BCUT2D eigenvalue weighted by molar-refractivity contribution is 6.00. The molecule has 7 heteroatoms. The van der Waals surface area contributed by atoms with Crippen LogP contribution in [0.25, 0.3) is 0 Å². The monoisotopic (exact) mass is 226 g/mol. The highest BCUT2D eigenvalue weighted by Gasteiger charge is 2.41. The Hall–Kier alpha value is -1.40. The van der Waals surface area contributed by atoms with Crippen molar-refractivity contribution in [3.63, 3.8) is 0 Å². The zero-order chi connectivity index (χ0) is 12.1. The highest BCUT2D eigenvalue weighted by atomic mass is 19.4.